The molecule has 3 aromatic rings. The SMILES string of the molecule is COc1ccc(/C=C\C(=O)O)c(OCc2cn(-c3ccccc3)nn2)c1CC=C(C)C. The number of hydrogen-bond acceptors (Lipinski definition) is 5. The summed E-state index contributed by atoms with van der Waals surface area (Å²) in [4.78, 5) is 11.0. The molecular weight excluding hydrogens is 394 g/mol. The fraction of sp³-hybridized carbons (Fsp3) is 0.208. The van der Waals surface area contributed by atoms with E-state index < -0.39 is 5.97 Å². The van der Waals surface area contributed by atoms with E-state index in [1.807, 2.05) is 50.2 Å². The highest BCUT2D eigenvalue weighted by atomic mass is 16.5. The van der Waals surface area contributed by atoms with Crippen molar-refractivity contribution in [2.75, 3.05) is 7.11 Å². The first kappa shape index (κ1) is 21.8. The van der Waals surface area contributed by atoms with Gasteiger partial charge >= 0.3 is 5.97 Å². The van der Waals surface area contributed by atoms with Gasteiger partial charge in [-0.1, -0.05) is 35.1 Å². The van der Waals surface area contributed by atoms with Gasteiger partial charge in [-0.15, -0.1) is 5.10 Å². The van der Waals surface area contributed by atoms with E-state index in [0.29, 0.717) is 29.2 Å². The molecule has 0 atom stereocenters. The van der Waals surface area contributed by atoms with Gasteiger partial charge in [0.1, 0.15) is 23.8 Å². The monoisotopic (exact) mass is 419 g/mol. The summed E-state index contributed by atoms with van der Waals surface area (Å²) in [5.74, 6) is 0.204. The van der Waals surface area contributed by atoms with Crippen molar-refractivity contribution in [2.45, 2.75) is 26.9 Å². The zero-order chi connectivity index (χ0) is 22.2. The van der Waals surface area contributed by atoms with Crippen molar-refractivity contribution in [1.29, 1.82) is 0 Å². The Kier molecular flexibility index (Phi) is 7.22. The van der Waals surface area contributed by atoms with Crippen LogP contribution in [0.5, 0.6) is 11.5 Å². The molecule has 7 nitrogen and oxygen atoms in total. The lowest BCUT2D eigenvalue weighted by Gasteiger charge is -2.16. The van der Waals surface area contributed by atoms with Crippen LogP contribution in [-0.2, 0) is 17.8 Å². The standard InChI is InChI=1S/C24H25N3O4/c1-17(2)9-12-21-22(30-3)13-10-18(11-14-23(28)29)24(21)31-16-19-15-27(26-25-19)20-7-5-4-6-8-20/h4-11,13-15H,12,16H2,1-3H3,(H,28,29)/b14-11-. The highest BCUT2D eigenvalue weighted by molar-refractivity contribution is 5.86. The minimum Gasteiger partial charge on any atom is -0.496 e. The van der Waals surface area contributed by atoms with Crippen molar-refractivity contribution in [1.82, 2.24) is 15.0 Å². The Morgan fingerprint density at radius 3 is 2.61 bits per heavy atom. The Hall–Kier alpha value is -3.87. The average Bonchev–Trinajstić information content (AvgIpc) is 3.24. The number of carboxylic acids is 1. The Morgan fingerprint density at radius 2 is 1.94 bits per heavy atom. The number of aromatic nitrogens is 3. The summed E-state index contributed by atoms with van der Waals surface area (Å²) in [6.45, 7) is 4.21. The molecule has 0 bridgehead atoms. The van der Waals surface area contributed by atoms with Crippen molar-refractivity contribution in [3.63, 3.8) is 0 Å². The van der Waals surface area contributed by atoms with Crippen LogP contribution >= 0.6 is 0 Å². The van der Waals surface area contributed by atoms with Crippen LogP contribution in [0.2, 0.25) is 0 Å². The molecule has 0 saturated heterocycles. The quantitative estimate of drug-likeness (QED) is 0.407. The molecule has 1 N–H and O–H groups in total. The highest BCUT2D eigenvalue weighted by Crippen LogP contribution is 2.35. The number of rotatable bonds is 9. The molecule has 1 heterocycles. The lowest BCUT2D eigenvalue weighted by molar-refractivity contribution is -0.131. The summed E-state index contributed by atoms with van der Waals surface area (Å²) in [7, 11) is 1.60. The third kappa shape index (κ3) is 5.82. The van der Waals surface area contributed by atoms with Gasteiger partial charge in [-0.05, 0) is 50.6 Å². The number of aliphatic carboxylic acids is 1. The van der Waals surface area contributed by atoms with Crippen LogP contribution in [0.3, 0.4) is 0 Å². The molecular formula is C24H25N3O4. The minimum absolute atomic E-state index is 0.176. The van der Waals surface area contributed by atoms with E-state index in [9.17, 15) is 4.79 Å². The zero-order valence-corrected chi connectivity index (χ0v) is 17.8. The normalized spacial score (nSPS) is 10.8. The number of para-hydroxylation sites is 1. The van der Waals surface area contributed by atoms with Crippen LogP contribution in [0.4, 0.5) is 0 Å². The molecule has 0 aliphatic carbocycles. The predicted molar refractivity (Wildman–Crippen MR) is 118 cm³/mol. The second kappa shape index (κ2) is 10.2. The van der Waals surface area contributed by atoms with Crippen LogP contribution in [0.15, 0.2) is 66.4 Å². The molecule has 0 spiro atoms. The summed E-state index contributed by atoms with van der Waals surface area (Å²) in [5, 5.41) is 17.4. The molecule has 0 radical (unpaired) electrons. The van der Waals surface area contributed by atoms with Crippen molar-refractivity contribution >= 4 is 12.0 Å². The van der Waals surface area contributed by atoms with Crippen LogP contribution in [0.1, 0.15) is 30.7 Å². The maximum atomic E-state index is 11.0. The minimum atomic E-state index is -1.03. The number of carboxylic acid groups (broad SMARTS) is 1. The molecule has 0 amide bonds. The summed E-state index contributed by atoms with van der Waals surface area (Å²) < 4.78 is 13.4. The first-order valence-corrected chi connectivity index (χ1v) is 9.81. The van der Waals surface area contributed by atoms with E-state index in [0.717, 1.165) is 22.9 Å². The molecule has 7 heteroatoms. The Balaban J connectivity index is 1.92. The van der Waals surface area contributed by atoms with E-state index in [2.05, 4.69) is 16.4 Å². The second-order valence-electron chi connectivity index (χ2n) is 7.10. The zero-order valence-electron chi connectivity index (χ0n) is 17.8. The van der Waals surface area contributed by atoms with Crippen LogP contribution < -0.4 is 9.47 Å². The van der Waals surface area contributed by atoms with E-state index in [4.69, 9.17) is 14.6 Å². The van der Waals surface area contributed by atoms with Crippen molar-refractivity contribution in [3.05, 3.63) is 83.2 Å². The molecule has 0 unspecified atom stereocenters. The fourth-order valence-electron chi connectivity index (χ4n) is 3.00. The summed E-state index contributed by atoms with van der Waals surface area (Å²) >= 11 is 0. The number of carbonyl (C=O) groups is 1. The molecule has 0 fully saturated rings. The second-order valence-corrected chi connectivity index (χ2v) is 7.10. The van der Waals surface area contributed by atoms with Gasteiger partial charge < -0.3 is 14.6 Å². The van der Waals surface area contributed by atoms with Gasteiger partial charge in [0.25, 0.3) is 0 Å². The Labute approximate surface area is 181 Å². The van der Waals surface area contributed by atoms with Gasteiger partial charge in [-0.2, -0.15) is 0 Å². The van der Waals surface area contributed by atoms with Crippen LogP contribution in [0, 0.1) is 0 Å². The number of nitrogens with zero attached hydrogens (tertiary/aromatic N) is 3. The first-order valence-electron chi connectivity index (χ1n) is 9.81. The lowest BCUT2D eigenvalue weighted by atomic mass is 10.0. The van der Waals surface area contributed by atoms with Crippen LogP contribution in [-0.4, -0.2) is 33.2 Å². The molecule has 3 rings (SSSR count). The van der Waals surface area contributed by atoms with Gasteiger partial charge in [-0.25, -0.2) is 9.48 Å². The molecule has 0 aliphatic rings. The molecule has 2 aromatic carbocycles. The van der Waals surface area contributed by atoms with Gasteiger partial charge in [0, 0.05) is 17.2 Å². The van der Waals surface area contributed by atoms with Crippen LogP contribution in [0.25, 0.3) is 11.8 Å². The van der Waals surface area contributed by atoms with E-state index in [-0.39, 0.29) is 6.61 Å². The highest BCUT2D eigenvalue weighted by Gasteiger charge is 2.15. The van der Waals surface area contributed by atoms with Crippen molar-refractivity contribution in [3.8, 4) is 17.2 Å². The van der Waals surface area contributed by atoms with Crippen molar-refractivity contribution < 1.29 is 19.4 Å². The smallest absolute Gasteiger partial charge is 0.328 e. The molecule has 0 saturated carbocycles. The lowest BCUT2D eigenvalue weighted by Crippen LogP contribution is -2.03. The predicted octanol–water partition coefficient (Wildman–Crippen LogP) is 4.46. The number of methoxy groups -OCH3 is 1. The van der Waals surface area contributed by atoms with Gasteiger partial charge in [0.2, 0.25) is 0 Å². The van der Waals surface area contributed by atoms with Gasteiger partial charge in [0.15, 0.2) is 0 Å². The third-order valence-electron chi connectivity index (χ3n) is 4.51. The molecule has 1 aromatic heterocycles. The van der Waals surface area contributed by atoms with E-state index in [1.54, 1.807) is 24.1 Å². The van der Waals surface area contributed by atoms with Gasteiger partial charge in [0.05, 0.1) is 19.0 Å². The molecule has 160 valence electrons. The summed E-state index contributed by atoms with van der Waals surface area (Å²) in [5.41, 5.74) is 4.19. The number of benzene rings is 2. The average molecular weight is 419 g/mol. The first-order chi connectivity index (χ1) is 15.0. The third-order valence-corrected chi connectivity index (χ3v) is 4.51. The van der Waals surface area contributed by atoms with E-state index in [1.165, 1.54) is 6.08 Å². The Morgan fingerprint density at radius 1 is 1.16 bits per heavy atom. The fourth-order valence-corrected chi connectivity index (χ4v) is 3.00. The van der Waals surface area contributed by atoms with Gasteiger partial charge in [-0.3, -0.25) is 0 Å². The number of ether oxygens (including phenoxy) is 2. The molecule has 31 heavy (non-hydrogen) atoms. The maximum absolute atomic E-state index is 11.0. The summed E-state index contributed by atoms with van der Waals surface area (Å²) in [6.07, 6.45) is 7.07. The van der Waals surface area contributed by atoms with E-state index >= 15 is 0 Å². The topological polar surface area (TPSA) is 86.5 Å². The number of hydrogen-bond donors (Lipinski definition) is 1. The molecule has 0 aliphatic heterocycles. The number of allylic oxidation sites excluding steroid dienone is 2. The Bertz CT molecular complexity index is 1100. The van der Waals surface area contributed by atoms with Crippen molar-refractivity contribution in [2.24, 2.45) is 0 Å². The summed E-state index contributed by atoms with van der Waals surface area (Å²) in [6, 6.07) is 13.3. The maximum Gasteiger partial charge on any atom is 0.328 e. The largest absolute Gasteiger partial charge is 0.496 e.